The van der Waals surface area contributed by atoms with Gasteiger partial charge in [0, 0.05) is 5.57 Å². The smallest absolute Gasteiger partial charge is 0.333 e. The van der Waals surface area contributed by atoms with Crippen molar-refractivity contribution >= 4 is 14.2 Å². The molecule has 0 radical (unpaired) electrons. The lowest BCUT2D eigenvalue weighted by Crippen LogP contribution is -2.32. The SMILES string of the molecule is C=C(C)C(=O)OC(C)(C)CO[PH](=O)O. The molecule has 0 amide bonds. The minimum atomic E-state index is -2.99. The molecule has 0 bridgehead atoms. The molecule has 0 aliphatic carbocycles. The van der Waals surface area contributed by atoms with Crippen LogP contribution in [0, 0.1) is 0 Å². The van der Waals surface area contributed by atoms with Gasteiger partial charge in [0.15, 0.2) is 0 Å². The van der Waals surface area contributed by atoms with Gasteiger partial charge in [0.2, 0.25) is 0 Å². The Balaban J connectivity index is 4.13. The second-order valence-electron chi connectivity index (χ2n) is 3.48. The van der Waals surface area contributed by atoms with Crippen LogP contribution in [0.2, 0.25) is 0 Å². The summed E-state index contributed by atoms with van der Waals surface area (Å²) < 4.78 is 19.7. The number of carbonyl (C=O) groups excluding carboxylic acids is 1. The van der Waals surface area contributed by atoms with Crippen molar-refractivity contribution in [1.82, 2.24) is 0 Å². The summed E-state index contributed by atoms with van der Waals surface area (Å²) in [4.78, 5) is 19.5. The lowest BCUT2D eigenvalue weighted by molar-refractivity contribution is -0.154. The topological polar surface area (TPSA) is 72.8 Å². The molecule has 1 N–H and O–H groups in total. The van der Waals surface area contributed by atoms with Crippen molar-refractivity contribution in [3.63, 3.8) is 0 Å². The van der Waals surface area contributed by atoms with E-state index in [9.17, 15) is 9.36 Å². The van der Waals surface area contributed by atoms with E-state index >= 15 is 0 Å². The monoisotopic (exact) mass is 222 g/mol. The molecule has 1 unspecified atom stereocenters. The number of rotatable bonds is 5. The van der Waals surface area contributed by atoms with Gasteiger partial charge in [-0.3, -0.25) is 4.57 Å². The Morgan fingerprint density at radius 2 is 2.07 bits per heavy atom. The van der Waals surface area contributed by atoms with Crippen LogP contribution in [-0.4, -0.2) is 23.1 Å². The van der Waals surface area contributed by atoms with Gasteiger partial charge in [-0.15, -0.1) is 0 Å². The number of ether oxygens (including phenoxy) is 1. The third kappa shape index (κ3) is 5.91. The van der Waals surface area contributed by atoms with Crippen LogP contribution in [0.1, 0.15) is 20.8 Å². The minimum Gasteiger partial charge on any atom is -0.454 e. The van der Waals surface area contributed by atoms with Crippen LogP contribution in [0.25, 0.3) is 0 Å². The summed E-state index contributed by atoms with van der Waals surface area (Å²) in [6.07, 6.45) is 0. The molecule has 5 nitrogen and oxygen atoms in total. The highest BCUT2D eigenvalue weighted by atomic mass is 31.1. The Bertz CT molecular complexity index is 258. The minimum absolute atomic E-state index is 0.125. The second-order valence-corrected chi connectivity index (χ2v) is 4.30. The molecule has 0 aliphatic rings. The predicted molar refractivity (Wildman–Crippen MR) is 52.2 cm³/mol. The molecule has 82 valence electrons. The zero-order valence-electron chi connectivity index (χ0n) is 8.49. The van der Waals surface area contributed by atoms with E-state index in [0.717, 1.165) is 0 Å². The van der Waals surface area contributed by atoms with E-state index in [-0.39, 0.29) is 12.2 Å². The van der Waals surface area contributed by atoms with Crippen LogP contribution in [0.15, 0.2) is 12.2 Å². The molecule has 0 saturated heterocycles. The summed E-state index contributed by atoms with van der Waals surface area (Å²) in [5.41, 5.74) is -0.659. The standard InChI is InChI=1S/C8H15O5P/c1-6(2)7(9)13-8(3,4)5-12-14(10)11/h14H,1,5H2,2-4H3,(H,10,11). The van der Waals surface area contributed by atoms with Crippen LogP contribution in [0.5, 0.6) is 0 Å². The van der Waals surface area contributed by atoms with E-state index in [4.69, 9.17) is 9.63 Å². The van der Waals surface area contributed by atoms with Gasteiger partial charge >= 0.3 is 14.2 Å². The first-order valence-corrected chi connectivity index (χ1v) is 5.25. The lowest BCUT2D eigenvalue weighted by Gasteiger charge is -2.24. The van der Waals surface area contributed by atoms with Crippen molar-refractivity contribution in [1.29, 1.82) is 0 Å². The summed E-state index contributed by atoms with van der Waals surface area (Å²) >= 11 is 0. The predicted octanol–water partition coefficient (Wildman–Crippen LogP) is 1.28. The summed E-state index contributed by atoms with van der Waals surface area (Å²) in [6.45, 7) is 7.98. The third-order valence-corrected chi connectivity index (χ3v) is 1.65. The molecule has 0 rings (SSSR count). The second kappa shape index (κ2) is 5.29. The molecule has 6 heteroatoms. The highest BCUT2D eigenvalue weighted by Gasteiger charge is 2.24. The van der Waals surface area contributed by atoms with E-state index < -0.39 is 19.8 Å². The van der Waals surface area contributed by atoms with E-state index in [2.05, 4.69) is 11.1 Å². The van der Waals surface area contributed by atoms with Gasteiger partial charge in [-0.2, -0.15) is 0 Å². The van der Waals surface area contributed by atoms with E-state index in [1.807, 2.05) is 0 Å². The molecule has 0 aromatic heterocycles. The maximum absolute atomic E-state index is 11.1. The van der Waals surface area contributed by atoms with Gasteiger partial charge < -0.3 is 14.2 Å². The quantitative estimate of drug-likeness (QED) is 0.431. The van der Waals surface area contributed by atoms with Crippen molar-refractivity contribution < 1.29 is 23.5 Å². The molecule has 0 spiro atoms. The molecule has 14 heavy (non-hydrogen) atoms. The number of hydrogen-bond acceptors (Lipinski definition) is 4. The first-order chi connectivity index (χ1) is 6.24. The van der Waals surface area contributed by atoms with Crippen molar-refractivity contribution in [2.45, 2.75) is 26.4 Å². The van der Waals surface area contributed by atoms with Crippen molar-refractivity contribution in [3.05, 3.63) is 12.2 Å². The Morgan fingerprint density at radius 1 is 1.57 bits per heavy atom. The van der Waals surface area contributed by atoms with Crippen LogP contribution >= 0.6 is 8.25 Å². The largest absolute Gasteiger partial charge is 0.454 e. The van der Waals surface area contributed by atoms with E-state index in [1.165, 1.54) is 6.92 Å². The fraction of sp³-hybridized carbons (Fsp3) is 0.625. The summed E-state index contributed by atoms with van der Waals surface area (Å²) in [5, 5.41) is 0. The first kappa shape index (κ1) is 13.4. The van der Waals surface area contributed by atoms with Crippen LogP contribution in [-0.2, 0) is 18.6 Å². The molecular weight excluding hydrogens is 207 g/mol. The Kier molecular flexibility index (Phi) is 5.05. The highest BCUT2D eigenvalue weighted by molar-refractivity contribution is 7.32. The van der Waals surface area contributed by atoms with Gasteiger partial charge in [0.05, 0.1) is 6.61 Å². The summed E-state index contributed by atoms with van der Waals surface area (Å²) in [6, 6.07) is 0. The number of esters is 1. The fourth-order valence-corrected chi connectivity index (χ4v) is 1.07. The Morgan fingerprint density at radius 3 is 2.43 bits per heavy atom. The average Bonchev–Trinajstić information content (AvgIpc) is 2.00. The van der Waals surface area contributed by atoms with Gasteiger partial charge in [0.25, 0.3) is 0 Å². The molecular formula is C8H15O5P. The maximum atomic E-state index is 11.1. The van der Waals surface area contributed by atoms with Gasteiger partial charge in [-0.05, 0) is 20.8 Å². The molecule has 0 heterocycles. The molecule has 0 aromatic carbocycles. The molecule has 0 saturated carbocycles. The van der Waals surface area contributed by atoms with E-state index in [0.29, 0.717) is 0 Å². The zero-order chi connectivity index (χ0) is 11.4. The summed E-state index contributed by atoms with van der Waals surface area (Å²) in [5.74, 6) is -0.545. The number of carbonyl (C=O) groups is 1. The van der Waals surface area contributed by atoms with Crippen LogP contribution in [0.4, 0.5) is 0 Å². The van der Waals surface area contributed by atoms with Crippen molar-refractivity contribution in [2.24, 2.45) is 0 Å². The van der Waals surface area contributed by atoms with Gasteiger partial charge in [-0.25, -0.2) is 4.79 Å². The first-order valence-electron chi connectivity index (χ1n) is 3.99. The van der Waals surface area contributed by atoms with Crippen molar-refractivity contribution in [3.8, 4) is 0 Å². The number of hydrogen-bond donors (Lipinski definition) is 1. The summed E-state index contributed by atoms with van der Waals surface area (Å²) in [7, 11) is -2.99. The Labute approximate surface area is 83.7 Å². The van der Waals surface area contributed by atoms with Gasteiger partial charge in [-0.1, -0.05) is 6.58 Å². The normalized spacial score (nSPS) is 13.4. The maximum Gasteiger partial charge on any atom is 0.333 e. The zero-order valence-corrected chi connectivity index (χ0v) is 9.49. The van der Waals surface area contributed by atoms with Crippen molar-refractivity contribution in [2.75, 3.05) is 6.61 Å². The fourth-order valence-electron chi connectivity index (χ4n) is 0.603. The molecule has 1 atom stereocenters. The third-order valence-electron chi connectivity index (χ3n) is 1.26. The highest BCUT2D eigenvalue weighted by Crippen LogP contribution is 2.20. The van der Waals surface area contributed by atoms with Crippen LogP contribution in [0.3, 0.4) is 0 Å². The molecule has 0 aromatic rings. The van der Waals surface area contributed by atoms with Crippen LogP contribution < -0.4 is 0 Å². The lowest BCUT2D eigenvalue weighted by atomic mass is 10.1. The average molecular weight is 222 g/mol. The molecule has 0 fully saturated rings. The Hall–Kier alpha value is -0.640. The van der Waals surface area contributed by atoms with Gasteiger partial charge in [0.1, 0.15) is 5.60 Å². The van der Waals surface area contributed by atoms with E-state index in [1.54, 1.807) is 13.8 Å². The molecule has 0 aliphatic heterocycles.